The quantitative estimate of drug-likeness (QED) is 0.0839. The van der Waals surface area contributed by atoms with Gasteiger partial charge in [0.2, 0.25) is 11.4 Å². The molecule has 0 spiro atoms. The monoisotopic (exact) mass is 818 g/mol. The number of benzene rings is 3. The lowest BCUT2D eigenvalue weighted by Gasteiger charge is -2.35. The Labute approximate surface area is 278 Å². The van der Waals surface area contributed by atoms with Crippen LogP contribution in [0.2, 0.25) is 0 Å². The Kier molecular flexibility index (Phi) is 9.75. The number of carbonyl (C=O) groups excluding carboxylic acids is 1. The molecular weight excluding hydrogens is 796 g/mol. The first-order valence-electron chi connectivity index (χ1n) is 12.9. The maximum Gasteiger partial charge on any atom is 0.321 e. The summed E-state index contributed by atoms with van der Waals surface area (Å²) in [5.41, 5.74) is 1.59. The lowest BCUT2D eigenvalue weighted by molar-refractivity contribution is -0.125. The zero-order chi connectivity index (χ0) is 30.6. The van der Waals surface area contributed by atoms with Gasteiger partial charge in [0.1, 0.15) is 38.8 Å². The fraction of sp³-hybridized carbons (Fsp3) is 0.0938. The van der Waals surface area contributed by atoms with E-state index in [9.17, 15) is 9.18 Å². The van der Waals surface area contributed by atoms with Crippen LogP contribution in [0, 0.1) is 9.39 Å². The molecule has 0 bridgehead atoms. The lowest BCUT2D eigenvalue weighted by atomic mass is 10.1. The molecule has 43 heavy (non-hydrogen) atoms. The minimum atomic E-state index is -0.433. The number of nitrogens with zero attached hydrogens (tertiary/aromatic N) is 3. The number of hydrogen-bond acceptors (Lipinski definition) is 6. The van der Waals surface area contributed by atoms with E-state index in [0.29, 0.717) is 37.8 Å². The predicted octanol–water partition coefficient (Wildman–Crippen LogP) is 9.72. The minimum absolute atomic E-state index is 0.106. The molecule has 11 heteroatoms. The van der Waals surface area contributed by atoms with Crippen molar-refractivity contribution < 1.29 is 23.4 Å². The molecule has 0 saturated carbocycles. The zero-order valence-corrected chi connectivity index (χ0v) is 28.3. The van der Waals surface area contributed by atoms with Crippen molar-refractivity contribution in [3.8, 4) is 29.0 Å². The van der Waals surface area contributed by atoms with Crippen molar-refractivity contribution in [1.29, 1.82) is 0 Å². The van der Waals surface area contributed by atoms with Gasteiger partial charge in [0, 0.05) is 21.3 Å². The number of methoxy groups -OCH3 is 1. The number of quaternary nitrogens is 1. The van der Waals surface area contributed by atoms with Crippen molar-refractivity contribution in [2.24, 2.45) is 0 Å². The van der Waals surface area contributed by atoms with E-state index in [-0.39, 0.29) is 24.2 Å². The highest BCUT2D eigenvalue weighted by atomic mass is 127. The van der Waals surface area contributed by atoms with E-state index in [0.717, 1.165) is 9.13 Å². The number of ether oxygens (including phenoxy) is 3. The van der Waals surface area contributed by atoms with Crippen LogP contribution in [-0.4, -0.2) is 23.0 Å². The average Bonchev–Trinajstić information content (AvgIpc) is 2.99. The van der Waals surface area contributed by atoms with Crippen molar-refractivity contribution in [2.45, 2.75) is 13.5 Å². The maximum atomic E-state index is 14.2. The summed E-state index contributed by atoms with van der Waals surface area (Å²) in [6.07, 6.45) is 0. The SMILES string of the molecule is COc1ccccc1C[N+](C(C)=O)(c1ccc(Br)nc1Oc1ccc(F)cc1)c1ccc(Br)nc1Oc1ccc(I)cc1. The van der Waals surface area contributed by atoms with Crippen molar-refractivity contribution in [3.05, 3.63) is 121 Å². The molecule has 0 fully saturated rings. The average molecular weight is 820 g/mol. The molecule has 2 heterocycles. The zero-order valence-electron chi connectivity index (χ0n) is 22.9. The lowest BCUT2D eigenvalue weighted by Crippen LogP contribution is -2.48. The Morgan fingerprint density at radius 2 is 1.30 bits per heavy atom. The second kappa shape index (κ2) is 13.5. The van der Waals surface area contributed by atoms with Crippen molar-refractivity contribution in [3.63, 3.8) is 0 Å². The van der Waals surface area contributed by atoms with Gasteiger partial charge >= 0.3 is 5.91 Å². The molecule has 0 N–H and O–H groups in total. The normalized spacial score (nSPS) is 12.3. The van der Waals surface area contributed by atoms with Gasteiger partial charge in [-0.3, -0.25) is 0 Å². The van der Waals surface area contributed by atoms with Gasteiger partial charge in [0.25, 0.3) is 11.8 Å². The topological polar surface area (TPSA) is 70.5 Å². The molecule has 0 aliphatic rings. The van der Waals surface area contributed by atoms with Gasteiger partial charge in [-0.05, 0) is 127 Å². The molecule has 1 atom stereocenters. The molecule has 5 rings (SSSR count). The number of rotatable bonds is 9. The molecule has 3 aromatic carbocycles. The largest absolute Gasteiger partial charge is 0.496 e. The summed E-state index contributed by atoms with van der Waals surface area (Å²) in [7, 11) is 1.58. The van der Waals surface area contributed by atoms with E-state index in [4.69, 9.17) is 14.2 Å². The number of halogens is 4. The highest BCUT2D eigenvalue weighted by molar-refractivity contribution is 14.1. The van der Waals surface area contributed by atoms with Crippen LogP contribution in [0.4, 0.5) is 15.8 Å². The van der Waals surface area contributed by atoms with Crippen LogP contribution in [0.25, 0.3) is 0 Å². The Hall–Kier alpha value is -3.39. The van der Waals surface area contributed by atoms with Crippen LogP contribution in [0.15, 0.2) is 106 Å². The minimum Gasteiger partial charge on any atom is -0.496 e. The van der Waals surface area contributed by atoms with E-state index in [1.54, 1.807) is 31.4 Å². The third kappa shape index (κ3) is 6.90. The molecular formula is C32H24Br2FIN3O4+. The Morgan fingerprint density at radius 3 is 1.81 bits per heavy atom. The number of pyridine rings is 2. The standard InChI is InChI=1S/C32H24Br2FIN3O4/c1-20(40)39(19-21-5-3-4-6-28(21)41-2,26-15-17-29(33)37-31(26)42-24-11-7-22(35)8-12-24)27-16-18-30(34)38-32(27)43-25-13-9-23(36)10-14-25/h3-18H,19H2,1-2H3/q+1. The predicted molar refractivity (Wildman–Crippen MR) is 178 cm³/mol. The van der Waals surface area contributed by atoms with E-state index in [2.05, 4.69) is 64.4 Å². The molecule has 0 aliphatic carbocycles. The summed E-state index contributed by atoms with van der Waals surface area (Å²) in [4.78, 5) is 23.5. The van der Waals surface area contributed by atoms with Gasteiger partial charge in [-0.25, -0.2) is 19.2 Å². The van der Waals surface area contributed by atoms with Gasteiger partial charge in [-0.15, -0.1) is 0 Å². The second-order valence-electron chi connectivity index (χ2n) is 9.33. The first kappa shape index (κ1) is 31.0. The van der Waals surface area contributed by atoms with Gasteiger partial charge in [-0.1, -0.05) is 12.1 Å². The van der Waals surface area contributed by atoms with Crippen molar-refractivity contribution in [1.82, 2.24) is 14.5 Å². The van der Waals surface area contributed by atoms with Gasteiger partial charge in [0.15, 0.2) is 0 Å². The number of carbonyl (C=O) groups is 1. The molecule has 0 saturated heterocycles. The number of hydrogen-bond donors (Lipinski definition) is 0. The van der Waals surface area contributed by atoms with Gasteiger partial charge in [0.05, 0.1) is 14.0 Å². The van der Waals surface area contributed by atoms with E-state index in [1.807, 2.05) is 48.5 Å². The summed E-state index contributed by atoms with van der Waals surface area (Å²) in [5.74, 6) is 1.15. The maximum absolute atomic E-state index is 14.2. The fourth-order valence-corrected chi connectivity index (χ4v) is 5.57. The molecule has 0 aliphatic heterocycles. The van der Waals surface area contributed by atoms with Crippen molar-refractivity contribution >= 4 is 71.7 Å². The first-order valence-corrected chi connectivity index (χ1v) is 15.6. The molecule has 1 amide bonds. The van der Waals surface area contributed by atoms with Gasteiger partial charge < -0.3 is 14.2 Å². The van der Waals surface area contributed by atoms with Crippen molar-refractivity contribution in [2.75, 3.05) is 7.11 Å². The summed E-state index contributed by atoms with van der Waals surface area (Å²) in [6.45, 7) is 1.60. The molecule has 1 unspecified atom stereocenters. The molecule has 7 nitrogen and oxygen atoms in total. The Morgan fingerprint density at radius 1 is 0.791 bits per heavy atom. The van der Waals surface area contributed by atoms with Gasteiger partial charge in [-0.2, -0.15) is 4.48 Å². The smallest absolute Gasteiger partial charge is 0.321 e. The van der Waals surface area contributed by atoms with Crippen LogP contribution < -0.4 is 18.7 Å². The molecule has 2 aromatic heterocycles. The Bertz CT molecular complexity index is 1680. The third-order valence-electron chi connectivity index (χ3n) is 6.63. The number of amides is 1. The van der Waals surface area contributed by atoms with Crippen LogP contribution in [-0.2, 0) is 11.3 Å². The van der Waals surface area contributed by atoms with Crippen LogP contribution in [0.3, 0.4) is 0 Å². The second-order valence-corrected chi connectivity index (χ2v) is 12.2. The molecule has 218 valence electrons. The highest BCUT2D eigenvalue weighted by Crippen LogP contribution is 2.49. The third-order valence-corrected chi connectivity index (χ3v) is 8.23. The summed E-state index contributed by atoms with van der Waals surface area (Å²) >= 11 is 9.13. The fourth-order valence-electron chi connectivity index (χ4n) is 4.62. The Balaban J connectivity index is 1.79. The summed E-state index contributed by atoms with van der Waals surface area (Å²) in [5, 5.41) is 0. The van der Waals surface area contributed by atoms with E-state index < -0.39 is 10.3 Å². The van der Waals surface area contributed by atoms with Crippen LogP contribution in [0.5, 0.6) is 29.0 Å². The molecule has 0 radical (unpaired) electrons. The highest BCUT2D eigenvalue weighted by Gasteiger charge is 2.46. The summed E-state index contributed by atoms with van der Waals surface area (Å²) in [6, 6.07) is 27.6. The molecule has 5 aromatic rings. The van der Waals surface area contributed by atoms with E-state index in [1.165, 1.54) is 31.2 Å². The van der Waals surface area contributed by atoms with E-state index >= 15 is 0 Å². The van der Waals surface area contributed by atoms with Crippen LogP contribution in [0.1, 0.15) is 12.5 Å². The number of aromatic nitrogens is 2. The number of para-hydroxylation sites is 1. The first-order chi connectivity index (χ1) is 20.7. The van der Waals surface area contributed by atoms with Crippen LogP contribution >= 0.6 is 54.5 Å². The summed E-state index contributed by atoms with van der Waals surface area (Å²) < 4.78 is 33.6.